The van der Waals surface area contributed by atoms with Gasteiger partial charge in [0.25, 0.3) is 10.0 Å². The lowest BCUT2D eigenvalue weighted by atomic mass is 10.0. The summed E-state index contributed by atoms with van der Waals surface area (Å²) in [7, 11) is -0.891. The van der Waals surface area contributed by atoms with Gasteiger partial charge in [-0.15, -0.1) is 0 Å². The number of carbonyl (C=O) groups excluding carboxylic acids is 1. The molecule has 0 atom stereocenters. The lowest BCUT2D eigenvalue weighted by Gasteiger charge is -2.13. The van der Waals surface area contributed by atoms with Crippen LogP contribution in [0.2, 0.25) is 0 Å². The van der Waals surface area contributed by atoms with E-state index in [2.05, 4.69) is 10.0 Å². The van der Waals surface area contributed by atoms with E-state index in [0.29, 0.717) is 22.9 Å². The van der Waals surface area contributed by atoms with E-state index in [0.717, 1.165) is 11.1 Å². The first-order chi connectivity index (χ1) is 15.2. The standard InChI is InChI=1S/C24H26N2O5S/c1-16-5-6-18(13-17(16)2)14-24(27)25-19-7-10-21(11-8-19)32(28,29)26-22-12-9-20(30-3)15-23(22)31-4/h5-13,15,26H,14H2,1-4H3,(H,25,27). The molecule has 2 N–H and O–H groups in total. The van der Waals surface area contributed by atoms with Crippen LogP contribution in [-0.4, -0.2) is 28.5 Å². The Morgan fingerprint density at radius 3 is 2.22 bits per heavy atom. The van der Waals surface area contributed by atoms with Gasteiger partial charge in [0.05, 0.1) is 31.2 Å². The van der Waals surface area contributed by atoms with Crippen molar-refractivity contribution in [1.29, 1.82) is 0 Å². The van der Waals surface area contributed by atoms with Gasteiger partial charge in [-0.05, 0) is 66.9 Å². The van der Waals surface area contributed by atoms with Gasteiger partial charge in [-0.25, -0.2) is 8.42 Å². The van der Waals surface area contributed by atoms with E-state index in [-0.39, 0.29) is 17.2 Å². The van der Waals surface area contributed by atoms with Gasteiger partial charge in [0.2, 0.25) is 5.91 Å². The SMILES string of the molecule is COc1ccc(NS(=O)(=O)c2ccc(NC(=O)Cc3ccc(C)c(C)c3)cc2)c(OC)c1. The Hall–Kier alpha value is -3.52. The lowest BCUT2D eigenvalue weighted by Crippen LogP contribution is -2.16. The van der Waals surface area contributed by atoms with Crippen LogP contribution in [0.5, 0.6) is 11.5 Å². The number of rotatable bonds is 8. The fourth-order valence-electron chi connectivity index (χ4n) is 3.11. The van der Waals surface area contributed by atoms with Gasteiger partial charge in [-0.2, -0.15) is 0 Å². The Bertz CT molecular complexity index is 1220. The maximum absolute atomic E-state index is 12.8. The highest BCUT2D eigenvalue weighted by Gasteiger charge is 2.17. The highest BCUT2D eigenvalue weighted by Crippen LogP contribution is 2.31. The molecule has 168 valence electrons. The third-order valence-electron chi connectivity index (χ3n) is 5.04. The van der Waals surface area contributed by atoms with Crippen LogP contribution >= 0.6 is 0 Å². The number of benzene rings is 3. The average molecular weight is 455 g/mol. The first kappa shape index (κ1) is 23.1. The van der Waals surface area contributed by atoms with E-state index in [1.807, 2.05) is 32.0 Å². The summed E-state index contributed by atoms with van der Waals surface area (Å²) in [6.45, 7) is 4.03. The Morgan fingerprint density at radius 1 is 0.875 bits per heavy atom. The van der Waals surface area contributed by atoms with Gasteiger partial charge < -0.3 is 14.8 Å². The van der Waals surface area contributed by atoms with Crippen molar-refractivity contribution in [2.45, 2.75) is 25.2 Å². The van der Waals surface area contributed by atoms with Crippen molar-refractivity contribution >= 4 is 27.3 Å². The molecule has 0 radical (unpaired) electrons. The molecule has 32 heavy (non-hydrogen) atoms. The van der Waals surface area contributed by atoms with E-state index >= 15 is 0 Å². The smallest absolute Gasteiger partial charge is 0.262 e. The molecule has 0 saturated heterocycles. The third kappa shape index (κ3) is 5.59. The van der Waals surface area contributed by atoms with Crippen molar-refractivity contribution in [3.05, 3.63) is 77.4 Å². The minimum Gasteiger partial charge on any atom is -0.497 e. The highest BCUT2D eigenvalue weighted by molar-refractivity contribution is 7.92. The van der Waals surface area contributed by atoms with Crippen LogP contribution in [-0.2, 0) is 21.2 Å². The van der Waals surface area contributed by atoms with Crippen molar-refractivity contribution in [3.8, 4) is 11.5 Å². The summed E-state index contributed by atoms with van der Waals surface area (Å²) in [4.78, 5) is 12.4. The molecule has 0 saturated carbocycles. The van der Waals surface area contributed by atoms with Gasteiger partial charge in [0, 0.05) is 11.8 Å². The quantitative estimate of drug-likeness (QED) is 0.529. The summed E-state index contributed by atoms with van der Waals surface area (Å²) in [6.07, 6.45) is 0.236. The fraction of sp³-hybridized carbons (Fsp3) is 0.208. The largest absolute Gasteiger partial charge is 0.497 e. The number of anilines is 2. The second-order valence-electron chi connectivity index (χ2n) is 7.34. The van der Waals surface area contributed by atoms with Crippen molar-refractivity contribution in [3.63, 3.8) is 0 Å². The van der Waals surface area contributed by atoms with Crippen LogP contribution in [0.4, 0.5) is 11.4 Å². The number of nitrogens with one attached hydrogen (secondary N) is 2. The molecule has 8 heteroatoms. The monoisotopic (exact) mass is 454 g/mol. The molecule has 3 aromatic rings. The summed E-state index contributed by atoms with van der Waals surface area (Å²) >= 11 is 0. The summed E-state index contributed by atoms with van der Waals surface area (Å²) in [6, 6.07) is 16.7. The Balaban J connectivity index is 1.69. The molecular formula is C24H26N2O5S. The van der Waals surface area contributed by atoms with E-state index in [4.69, 9.17) is 9.47 Å². The fourth-order valence-corrected chi connectivity index (χ4v) is 4.18. The van der Waals surface area contributed by atoms with Crippen LogP contribution in [0.3, 0.4) is 0 Å². The molecule has 0 aliphatic heterocycles. The topological polar surface area (TPSA) is 93.7 Å². The van der Waals surface area contributed by atoms with Gasteiger partial charge >= 0.3 is 0 Å². The van der Waals surface area contributed by atoms with Gasteiger partial charge in [-0.1, -0.05) is 18.2 Å². The Kier molecular flexibility index (Phi) is 7.05. The zero-order valence-corrected chi connectivity index (χ0v) is 19.2. The molecule has 3 aromatic carbocycles. The number of ether oxygens (including phenoxy) is 2. The maximum atomic E-state index is 12.8. The van der Waals surface area contributed by atoms with Crippen LogP contribution in [0.25, 0.3) is 0 Å². The van der Waals surface area contributed by atoms with Crippen LogP contribution in [0.15, 0.2) is 65.6 Å². The summed E-state index contributed by atoms with van der Waals surface area (Å²) in [5.74, 6) is 0.707. The van der Waals surface area contributed by atoms with Crippen LogP contribution in [0.1, 0.15) is 16.7 Å². The second kappa shape index (κ2) is 9.74. The molecule has 0 unspecified atom stereocenters. The Labute approximate surface area is 188 Å². The molecule has 7 nitrogen and oxygen atoms in total. The third-order valence-corrected chi connectivity index (χ3v) is 6.42. The van der Waals surface area contributed by atoms with Crippen molar-refractivity contribution in [2.75, 3.05) is 24.3 Å². The molecule has 0 aromatic heterocycles. The highest BCUT2D eigenvalue weighted by atomic mass is 32.2. The summed E-state index contributed by atoms with van der Waals surface area (Å²) in [5, 5.41) is 2.80. The maximum Gasteiger partial charge on any atom is 0.262 e. The molecule has 0 bridgehead atoms. The summed E-state index contributed by atoms with van der Waals surface area (Å²) < 4.78 is 38.4. The summed E-state index contributed by atoms with van der Waals surface area (Å²) in [5.41, 5.74) is 4.03. The number of aryl methyl sites for hydroxylation is 2. The average Bonchev–Trinajstić information content (AvgIpc) is 2.76. The molecule has 3 rings (SSSR count). The number of hydrogen-bond acceptors (Lipinski definition) is 5. The molecule has 1 amide bonds. The number of carbonyl (C=O) groups is 1. The number of sulfonamides is 1. The van der Waals surface area contributed by atoms with E-state index < -0.39 is 10.0 Å². The molecule has 0 aliphatic carbocycles. The number of methoxy groups -OCH3 is 2. The number of amides is 1. The van der Waals surface area contributed by atoms with E-state index in [1.165, 1.54) is 31.9 Å². The van der Waals surface area contributed by atoms with Crippen molar-refractivity contribution in [2.24, 2.45) is 0 Å². The van der Waals surface area contributed by atoms with Gasteiger partial charge in [0.1, 0.15) is 11.5 Å². The molecule has 0 fully saturated rings. The number of hydrogen-bond donors (Lipinski definition) is 2. The minimum absolute atomic E-state index is 0.0579. The molecular weight excluding hydrogens is 428 g/mol. The van der Waals surface area contributed by atoms with E-state index in [1.54, 1.807) is 30.3 Å². The minimum atomic E-state index is -3.85. The van der Waals surface area contributed by atoms with Gasteiger partial charge in [0.15, 0.2) is 0 Å². The van der Waals surface area contributed by atoms with Crippen molar-refractivity contribution in [1.82, 2.24) is 0 Å². The molecule has 0 spiro atoms. The van der Waals surface area contributed by atoms with Crippen LogP contribution in [0, 0.1) is 13.8 Å². The van der Waals surface area contributed by atoms with Crippen molar-refractivity contribution < 1.29 is 22.7 Å². The second-order valence-corrected chi connectivity index (χ2v) is 9.02. The lowest BCUT2D eigenvalue weighted by molar-refractivity contribution is -0.115. The van der Waals surface area contributed by atoms with Crippen LogP contribution < -0.4 is 19.5 Å². The zero-order chi connectivity index (χ0) is 23.3. The zero-order valence-electron chi connectivity index (χ0n) is 18.4. The van der Waals surface area contributed by atoms with Gasteiger partial charge in [-0.3, -0.25) is 9.52 Å². The predicted molar refractivity (Wildman–Crippen MR) is 125 cm³/mol. The molecule has 0 heterocycles. The first-order valence-corrected chi connectivity index (χ1v) is 11.4. The Morgan fingerprint density at radius 2 is 1.59 bits per heavy atom. The van der Waals surface area contributed by atoms with E-state index in [9.17, 15) is 13.2 Å². The normalized spacial score (nSPS) is 11.0. The predicted octanol–water partition coefficient (Wildman–Crippen LogP) is 4.30. The first-order valence-electron chi connectivity index (χ1n) is 9.92. The molecule has 0 aliphatic rings.